The highest BCUT2D eigenvalue weighted by molar-refractivity contribution is 5.93. The maximum absolute atomic E-state index is 11.5. The van der Waals surface area contributed by atoms with Crippen molar-refractivity contribution in [3.8, 4) is 0 Å². The highest BCUT2D eigenvalue weighted by Crippen LogP contribution is 1.89. The number of carbonyl (C=O) groups excluding carboxylic acids is 1. The van der Waals surface area contributed by atoms with Gasteiger partial charge in [-0.25, -0.2) is 0 Å². The van der Waals surface area contributed by atoms with E-state index in [1.54, 1.807) is 0 Å². The number of nitrogens with two attached hydrogens (primary N) is 1. The number of amides is 1. The van der Waals surface area contributed by atoms with Gasteiger partial charge in [0.15, 0.2) is 5.43 Å². The molecule has 1 amide bonds. The zero-order chi connectivity index (χ0) is 11.3. The predicted molar refractivity (Wildman–Crippen MR) is 57.7 cm³/mol. The van der Waals surface area contributed by atoms with Crippen LogP contribution in [0.25, 0.3) is 0 Å². The van der Waals surface area contributed by atoms with Crippen molar-refractivity contribution in [1.82, 2.24) is 10.3 Å². The molecule has 0 aliphatic heterocycles. The fraction of sp³-hybridized carbons (Fsp3) is 0.400. The minimum atomic E-state index is -0.363. The summed E-state index contributed by atoms with van der Waals surface area (Å²) in [5.74, 6) is -0.363. The molecule has 0 radical (unpaired) electrons. The highest BCUT2D eigenvalue weighted by atomic mass is 16.2. The molecule has 1 aromatic heterocycles. The van der Waals surface area contributed by atoms with Crippen LogP contribution in [-0.2, 0) is 0 Å². The molecule has 1 heterocycles. The molecule has 4 N–H and O–H groups in total. The number of H-pyrrole nitrogens is 1. The van der Waals surface area contributed by atoms with E-state index in [2.05, 4.69) is 10.3 Å². The van der Waals surface area contributed by atoms with Gasteiger partial charge in [0.2, 0.25) is 0 Å². The number of carbonyl (C=O) groups is 1. The van der Waals surface area contributed by atoms with E-state index in [1.165, 1.54) is 18.5 Å². The summed E-state index contributed by atoms with van der Waals surface area (Å²) in [6, 6.07) is 1.36. The second-order valence-electron chi connectivity index (χ2n) is 3.44. The fourth-order valence-electron chi connectivity index (χ4n) is 1.10. The van der Waals surface area contributed by atoms with E-state index < -0.39 is 0 Å². The van der Waals surface area contributed by atoms with E-state index in [1.807, 2.05) is 6.92 Å². The van der Waals surface area contributed by atoms with Gasteiger partial charge in [-0.2, -0.15) is 0 Å². The first-order valence-electron chi connectivity index (χ1n) is 4.82. The molecule has 1 atom stereocenters. The lowest BCUT2D eigenvalue weighted by atomic mass is 10.2. The molecule has 0 aliphatic carbocycles. The molecular weight excluding hydrogens is 194 g/mol. The summed E-state index contributed by atoms with van der Waals surface area (Å²) in [6.07, 6.45) is 3.57. The lowest BCUT2D eigenvalue weighted by Crippen LogP contribution is -2.31. The molecule has 1 unspecified atom stereocenters. The van der Waals surface area contributed by atoms with Crippen molar-refractivity contribution in [1.29, 1.82) is 0 Å². The zero-order valence-corrected chi connectivity index (χ0v) is 8.62. The third-order valence-electron chi connectivity index (χ3n) is 1.95. The number of aromatic amines is 1. The number of pyridine rings is 1. The van der Waals surface area contributed by atoms with Gasteiger partial charge in [0.05, 0.1) is 0 Å². The molecule has 1 rings (SSSR count). The van der Waals surface area contributed by atoms with E-state index >= 15 is 0 Å². The van der Waals surface area contributed by atoms with Gasteiger partial charge in [0.1, 0.15) is 5.56 Å². The van der Waals surface area contributed by atoms with Crippen LogP contribution < -0.4 is 16.5 Å². The van der Waals surface area contributed by atoms with E-state index in [9.17, 15) is 9.59 Å². The van der Waals surface area contributed by atoms with Gasteiger partial charge in [-0.1, -0.05) is 0 Å². The van der Waals surface area contributed by atoms with Gasteiger partial charge in [-0.15, -0.1) is 0 Å². The van der Waals surface area contributed by atoms with Crippen LogP contribution >= 0.6 is 0 Å². The van der Waals surface area contributed by atoms with Gasteiger partial charge in [0, 0.05) is 31.0 Å². The lowest BCUT2D eigenvalue weighted by Gasteiger charge is -2.06. The fourth-order valence-corrected chi connectivity index (χ4v) is 1.10. The van der Waals surface area contributed by atoms with Crippen molar-refractivity contribution in [3.05, 3.63) is 34.2 Å². The van der Waals surface area contributed by atoms with Gasteiger partial charge in [-0.3, -0.25) is 9.59 Å². The Balaban J connectivity index is 2.55. The topological polar surface area (TPSA) is 88.0 Å². The molecule has 82 valence electrons. The maximum Gasteiger partial charge on any atom is 0.256 e. The molecule has 0 bridgehead atoms. The number of hydrogen-bond acceptors (Lipinski definition) is 3. The van der Waals surface area contributed by atoms with Gasteiger partial charge < -0.3 is 16.0 Å². The quantitative estimate of drug-likeness (QED) is 0.644. The Morgan fingerprint density at radius 3 is 3.00 bits per heavy atom. The number of nitrogens with one attached hydrogen (secondary N) is 2. The monoisotopic (exact) mass is 209 g/mol. The van der Waals surface area contributed by atoms with E-state index in [4.69, 9.17) is 5.73 Å². The van der Waals surface area contributed by atoms with Crippen molar-refractivity contribution in [3.63, 3.8) is 0 Å². The third kappa shape index (κ3) is 3.55. The summed E-state index contributed by atoms with van der Waals surface area (Å²) >= 11 is 0. The third-order valence-corrected chi connectivity index (χ3v) is 1.95. The van der Waals surface area contributed by atoms with Crippen LogP contribution in [-0.4, -0.2) is 23.5 Å². The van der Waals surface area contributed by atoms with Crippen LogP contribution in [0.4, 0.5) is 0 Å². The Bertz CT molecular complexity index is 384. The second kappa shape index (κ2) is 5.31. The molecule has 0 saturated heterocycles. The first-order chi connectivity index (χ1) is 7.11. The summed E-state index contributed by atoms with van der Waals surface area (Å²) in [6.45, 7) is 2.34. The van der Waals surface area contributed by atoms with Crippen LogP contribution in [0.1, 0.15) is 23.7 Å². The molecule has 1 aromatic rings. The average molecular weight is 209 g/mol. The first kappa shape index (κ1) is 11.5. The molecular formula is C10H15N3O2. The maximum atomic E-state index is 11.5. The van der Waals surface area contributed by atoms with Crippen LogP contribution in [0.5, 0.6) is 0 Å². The van der Waals surface area contributed by atoms with Crippen LogP contribution in [0.3, 0.4) is 0 Å². The summed E-state index contributed by atoms with van der Waals surface area (Å²) in [5.41, 5.74) is 5.37. The Hall–Kier alpha value is -1.62. The number of rotatable bonds is 4. The SMILES string of the molecule is CC(N)CCNC(=O)c1c[nH]ccc1=O. The molecule has 15 heavy (non-hydrogen) atoms. The predicted octanol–water partition coefficient (Wildman–Crippen LogP) is -0.158. The van der Waals surface area contributed by atoms with E-state index in [0.29, 0.717) is 13.0 Å². The summed E-state index contributed by atoms with van der Waals surface area (Å²) in [4.78, 5) is 25.4. The summed E-state index contributed by atoms with van der Waals surface area (Å²) < 4.78 is 0. The van der Waals surface area contributed by atoms with Crippen LogP contribution in [0, 0.1) is 0 Å². The van der Waals surface area contributed by atoms with Crippen LogP contribution in [0.2, 0.25) is 0 Å². The molecule has 5 nitrogen and oxygen atoms in total. The van der Waals surface area contributed by atoms with Gasteiger partial charge >= 0.3 is 0 Å². The number of aromatic nitrogens is 1. The van der Waals surface area contributed by atoms with Crippen molar-refractivity contribution in [2.24, 2.45) is 5.73 Å². The average Bonchev–Trinajstić information content (AvgIpc) is 2.17. The van der Waals surface area contributed by atoms with Crippen molar-refractivity contribution in [2.45, 2.75) is 19.4 Å². The second-order valence-corrected chi connectivity index (χ2v) is 3.44. The Kier molecular flexibility index (Phi) is 4.05. The van der Waals surface area contributed by atoms with Gasteiger partial charge in [0.25, 0.3) is 5.91 Å². The normalized spacial score (nSPS) is 12.1. The highest BCUT2D eigenvalue weighted by Gasteiger charge is 2.08. The zero-order valence-electron chi connectivity index (χ0n) is 8.62. The molecule has 5 heteroatoms. The first-order valence-corrected chi connectivity index (χ1v) is 4.82. The molecule has 0 aromatic carbocycles. The smallest absolute Gasteiger partial charge is 0.256 e. The standard InChI is InChI=1S/C10H15N3O2/c1-7(11)2-5-13-10(15)8-6-12-4-3-9(8)14/h3-4,6-7H,2,5,11H2,1H3,(H,12,14)(H,13,15). The Morgan fingerprint density at radius 1 is 1.67 bits per heavy atom. The Labute approximate surface area is 87.7 Å². The molecule has 0 fully saturated rings. The van der Waals surface area contributed by atoms with Crippen LogP contribution in [0.15, 0.2) is 23.3 Å². The summed E-state index contributed by atoms with van der Waals surface area (Å²) in [7, 11) is 0. The largest absolute Gasteiger partial charge is 0.367 e. The molecule has 0 spiro atoms. The van der Waals surface area contributed by atoms with E-state index in [-0.39, 0.29) is 22.9 Å². The molecule has 0 saturated carbocycles. The Morgan fingerprint density at radius 2 is 2.40 bits per heavy atom. The lowest BCUT2D eigenvalue weighted by molar-refractivity contribution is 0.0951. The molecule has 0 aliphatic rings. The summed E-state index contributed by atoms with van der Waals surface area (Å²) in [5, 5.41) is 2.63. The van der Waals surface area contributed by atoms with Crippen molar-refractivity contribution < 1.29 is 4.79 Å². The van der Waals surface area contributed by atoms with Crippen molar-refractivity contribution >= 4 is 5.91 Å². The minimum Gasteiger partial charge on any atom is -0.367 e. The van der Waals surface area contributed by atoms with Crippen molar-refractivity contribution in [2.75, 3.05) is 6.54 Å². The number of hydrogen-bond donors (Lipinski definition) is 3. The van der Waals surface area contributed by atoms with Gasteiger partial charge in [-0.05, 0) is 13.3 Å². The van der Waals surface area contributed by atoms with E-state index in [0.717, 1.165) is 0 Å². The minimum absolute atomic E-state index is 0.0411.